The van der Waals surface area contributed by atoms with Crippen molar-refractivity contribution in [3.8, 4) is 0 Å². The summed E-state index contributed by atoms with van der Waals surface area (Å²) in [6.45, 7) is -0.742. The van der Waals surface area contributed by atoms with Crippen LogP contribution >= 0.6 is 0 Å². The molecule has 0 spiro atoms. The molecular weight excluding hydrogens is 355 g/mol. The third kappa shape index (κ3) is 10.1. The minimum absolute atomic E-state index is 0. The van der Waals surface area contributed by atoms with Crippen molar-refractivity contribution in [1.82, 2.24) is 5.32 Å². The second-order valence-electron chi connectivity index (χ2n) is 4.25. The Bertz CT molecular complexity index is 404. The van der Waals surface area contributed by atoms with Gasteiger partial charge in [-0.15, -0.1) is 0 Å². The number of rotatable bonds is 10. The molecule has 0 aliphatic heterocycles. The summed E-state index contributed by atoms with van der Waals surface area (Å²) in [7, 11) is 0. The van der Waals surface area contributed by atoms with Gasteiger partial charge in [-0.1, -0.05) is 0 Å². The van der Waals surface area contributed by atoms with Gasteiger partial charge in [-0.05, 0) is 0 Å². The summed E-state index contributed by atoms with van der Waals surface area (Å²) >= 11 is 0. The number of carboxylic acid groups (broad SMARTS) is 4. The van der Waals surface area contributed by atoms with Gasteiger partial charge in [-0.3, -0.25) is 24.5 Å². The topological polar surface area (TPSA) is 187 Å². The zero-order chi connectivity index (χ0) is 15.9. The monoisotopic (exact) mass is 372 g/mol. The third-order valence-corrected chi connectivity index (χ3v) is 2.63. The summed E-state index contributed by atoms with van der Waals surface area (Å²) in [4.78, 5) is 42.9. The van der Waals surface area contributed by atoms with Crippen LogP contribution in [0.5, 0.6) is 0 Å². The number of hydrogen-bond donors (Lipinski definition) is 6. The fourth-order valence-electron chi connectivity index (χ4n) is 1.76. The standard InChI is InChI=1S/C10H16N2O8.Fe.Na.H/c11-5(1-6(13)14)10(2-7(15)16,3-8(17)18)12-4-9(19)20;;;/h5,12H,1-4,11H2,(H,13,14)(H,15,16)(H,17,18)(H,19,20);;;. The van der Waals surface area contributed by atoms with E-state index in [1.165, 1.54) is 0 Å². The Hall–Kier alpha value is -0.681. The van der Waals surface area contributed by atoms with Crippen molar-refractivity contribution in [3.63, 3.8) is 0 Å². The summed E-state index contributed by atoms with van der Waals surface area (Å²) in [5.74, 6) is -5.56. The molecule has 0 aliphatic carbocycles. The molecule has 0 bridgehead atoms. The summed E-state index contributed by atoms with van der Waals surface area (Å²) in [5, 5.41) is 37.2. The SMILES string of the molecule is NC(CC(=O)O)C(CC(=O)O)(CC(=O)O)NCC(=O)O.[Fe].[NaH]. The van der Waals surface area contributed by atoms with Gasteiger partial charge in [0.1, 0.15) is 0 Å². The first-order chi connectivity index (χ1) is 9.09. The van der Waals surface area contributed by atoms with Gasteiger partial charge in [-0.2, -0.15) is 0 Å². The van der Waals surface area contributed by atoms with Crippen molar-refractivity contribution in [2.75, 3.05) is 6.54 Å². The fraction of sp³-hybridized carbons (Fsp3) is 0.600. The molecule has 0 amide bonds. The molecule has 0 saturated carbocycles. The number of nitrogens with one attached hydrogen (secondary N) is 1. The molecule has 0 aromatic rings. The quantitative estimate of drug-likeness (QED) is 0.224. The molecule has 0 aromatic heterocycles. The van der Waals surface area contributed by atoms with E-state index in [4.69, 9.17) is 26.2 Å². The number of aliphatic carboxylic acids is 4. The van der Waals surface area contributed by atoms with E-state index in [-0.39, 0.29) is 46.6 Å². The first kappa shape index (κ1) is 26.2. The van der Waals surface area contributed by atoms with Crippen LogP contribution in [-0.4, -0.2) is 92.0 Å². The third-order valence-electron chi connectivity index (χ3n) is 2.63. The van der Waals surface area contributed by atoms with E-state index in [1.807, 2.05) is 0 Å². The first-order valence-corrected chi connectivity index (χ1v) is 5.47. The van der Waals surface area contributed by atoms with Gasteiger partial charge in [-0.25, -0.2) is 0 Å². The molecule has 0 rings (SSSR count). The van der Waals surface area contributed by atoms with Gasteiger partial charge in [0.15, 0.2) is 0 Å². The normalized spacial score (nSPS) is 11.5. The van der Waals surface area contributed by atoms with Crippen LogP contribution in [0.3, 0.4) is 0 Å². The molecule has 1 unspecified atom stereocenters. The zero-order valence-corrected chi connectivity index (χ0v) is 11.9. The maximum absolute atomic E-state index is 10.8. The van der Waals surface area contributed by atoms with Crippen LogP contribution in [0.2, 0.25) is 0 Å². The Morgan fingerprint density at radius 2 is 1.32 bits per heavy atom. The molecular formula is C10H17FeN2NaO8. The molecule has 22 heavy (non-hydrogen) atoms. The molecule has 0 aromatic carbocycles. The van der Waals surface area contributed by atoms with Crippen LogP contribution in [-0.2, 0) is 36.2 Å². The maximum atomic E-state index is 10.8. The van der Waals surface area contributed by atoms with E-state index in [2.05, 4.69) is 5.32 Å². The van der Waals surface area contributed by atoms with Gasteiger partial charge >= 0.3 is 53.4 Å². The number of nitrogens with two attached hydrogens (primary N) is 1. The number of hydrogen-bond acceptors (Lipinski definition) is 6. The van der Waals surface area contributed by atoms with E-state index in [0.717, 1.165) is 0 Å². The number of carbonyl (C=O) groups is 4. The van der Waals surface area contributed by atoms with Crippen molar-refractivity contribution in [1.29, 1.82) is 0 Å². The molecule has 7 N–H and O–H groups in total. The van der Waals surface area contributed by atoms with E-state index in [9.17, 15) is 19.2 Å². The van der Waals surface area contributed by atoms with Crippen molar-refractivity contribution in [3.05, 3.63) is 0 Å². The van der Waals surface area contributed by atoms with Gasteiger partial charge in [0.2, 0.25) is 0 Å². The van der Waals surface area contributed by atoms with E-state index in [1.54, 1.807) is 0 Å². The predicted molar refractivity (Wildman–Crippen MR) is 70.3 cm³/mol. The molecule has 0 saturated heterocycles. The van der Waals surface area contributed by atoms with Crippen LogP contribution in [0, 0.1) is 0 Å². The van der Waals surface area contributed by atoms with Crippen molar-refractivity contribution in [2.45, 2.75) is 30.8 Å². The molecule has 0 radical (unpaired) electrons. The first-order valence-electron chi connectivity index (χ1n) is 5.47. The Morgan fingerprint density at radius 3 is 1.59 bits per heavy atom. The van der Waals surface area contributed by atoms with Crippen molar-refractivity contribution >= 4 is 53.4 Å². The summed E-state index contributed by atoms with van der Waals surface area (Å²) < 4.78 is 0. The number of carboxylic acids is 4. The van der Waals surface area contributed by atoms with Gasteiger partial charge in [0.05, 0.1) is 31.3 Å². The Balaban J connectivity index is -0.00000180. The van der Waals surface area contributed by atoms with Crippen LogP contribution in [0.15, 0.2) is 0 Å². The Morgan fingerprint density at radius 1 is 0.909 bits per heavy atom. The van der Waals surface area contributed by atoms with Gasteiger partial charge in [0.25, 0.3) is 0 Å². The van der Waals surface area contributed by atoms with Gasteiger partial charge in [0, 0.05) is 23.1 Å². The Labute approximate surface area is 158 Å². The van der Waals surface area contributed by atoms with Crippen molar-refractivity contribution in [2.24, 2.45) is 5.73 Å². The molecule has 0 heterocycles. The fourth-order valence-corrected chi connectivity index (χ4v) is 1.76. The van der Waals surface area contributed by atoms with E-state index < -0.39 is 61.3 Å². The van der Waals surface area contributed by atoms with Crippen LogP contribution < -0.4 is 11.1 Å². The summed E-state index contributed by atoms with van der Waals surface area (Å²) in [5.41, 5.74) is 3.71. The zero-order valence-electron chi connectivity index (χ0n) is 10.8. The molecule has 124 valence electrons. The van der Waals surface area contributed by atoms with Crippen LogP contribution in [0.4, 0.5) is 0 Å². The molecule has 12 heteroatoms. The van der Waals surface area contributed by atoms with Crippen LogP contribution in [0.25, 0.3) is 0 Å². The molecule has 10 nitrogen and oxygen atoms in total. The molecule has 1 atom stereocenters. The summed E-state index contributed by atoms with van der Waals surface area (Å²) in [6.07, 6.45) is -2.34. The van der Waals surface area contributed by atoms with E-state index >= 15 is 0 Å². The average molecular weight is 372 g/mol. The second kappa shape index (κ2) is 11.8. The predicted octanol–water partition coefficient (Wildman–Crippen LogP) is -2.50. The van der Waals surface area contributed by atoms with Crippen LogP contribution in [0.1, 0.15) is 19.3 Å². The molecule has 0 aliphatic rings. The summed E-state index contributed by atoms with van der Waals surface area (Å²) in [6, 6.07) is -1.38. The van der Waals surface area contributed by atoms with E-state index in [0.29, 0.717) is 0 Å². The van der Waals surface area contributed by atoms with Gasteiger partial charge < -0.3 is 26.2 Å². The Kier molecular flexibility index (Phi) is 14.1. The minimum atomic E-state index is -1.87. The van der Waals surface area contributed by atoms with Crippen molar-refractivity contribution < 1.29 is 56.7 Å². The average Bonchev–Trinajstić information content (AvgIpc) is 2.23. The second-order valence-corrected chi connectivity index (χ2v) is 4.25. The molecule has 0 fully saturated rings.